The van der Waals surface area contributed by atoms with Crippen molar-refractivity contribution in [2.24, 2.45) is 0 Å². The third-order valence-corrected chi connectivity index (χ3v) is 3.94. The first-order valence-corrected chi connectivity index (χ1v) is 7.68. The van der Waals surface area contributed by atoms with Gasteiger partial charge in [-0.2, -0.15) is 0 Å². The van der Waals surface area contributed by atoms with E-state index in [1.807, 2.05) is 12.1 Å². The minimum atomic E-state index is -0.407. The van der Waals surface area contributed by atoms with E-state index in [1.54, 1.807) is 18.5 Å². The molecule has 0 amide bonds. The van der Waals surface area contributed by atoms with E-state index in [2.05, 4.69) is 14.9 Å². The Morgan fingerprint density at radius 3 is 2.73 bits per heavy atom. The molecule has 1 aliphatic heterocycles. The Labute approximate surface area is 133 Å². The van der Waals surface area contributed by atoms with Gasteiger partial charge in [-0.25, -0.2) is 9.37 Å². The van der Waals surface area contributed by atoms with E-state index in [0.717, 1.165) is 38.2 Å². The lowest BCUT2D eigenvalue weighted by atomic mass is 10.1. The number of rotatable bonds is 4. The maximum absolute atomic E-state index is 13.5. The number of aromatic nitrogens is 2. The summed E-state index contributed by atoms with van der Waals surface area (Å²) in [6.07, 6.45) is 4.92. The van der Waals surface area contributed by atoms with Crippen molar-refractivity contribution >= 4 is 11.6 Å². The molecule has 3 rings (SSSR count). The molecule has 2 aromatic heterocycles. The number of hydrogen-bond donors (Lipinski definition) is 0. The second kappa shape index (κ2) is 7.03. The lowest BCUT2D eigenvalue weighted by molar-refractivity contribution is 0.0890. The van der Waals surface area contributed by atoms with Crippen molar-refractivity contribution in [3.8, 4) is 5.88 Å². The molecule has 1 fully saturated rings. The third kappa shape index (κ3) is 3.93. The Bertz CT molecular complexity index is 615. The van der Waals surface area contributed by atoms with E-state index in [0.29, 0.717) is 5.02 Å². The monoisotopic (exact) mass is 321 g/mol. The Hall–Kier alpha value is -1.72. The van der Waals surface area contributed by atoms with Gasteiger partial charge in [-0.05, 0) is 37.1 Å². The zero-order valence-corrected chi connectivity index (χ0v) is 12.8. The van der Waals surface area contributed by atoms with Crippen LogP contribution in [0.1, 0.15) is 18.5 Å². The molecular weight excluding hydrogens is 305 g/mol. The van der Waals surface area contributed by atoms with Crippen LogP contribution in [0.2, 0.25) is 5.02 Å². The topological polar surface area (TPSA) is 38.2 Å². The molecule has 2 aromatic rings. The molecule has 4 nitrogen and oxygen atoms in total. The molecule has 116 valence electrons. The van der Waals surface area contributed by atoms with Crippen LogP contribution in [0.3, 0.4) is 0 Å². The number of pyridine rings is 2. The molecule has 0 spiro atoms. The van der Waals surface area contributed by atoms with Crippen molar-refractivity contribution in [1.82, 2.24) is 14.9 Å². The largest absolute Gasteiger partial charge is 0.472 e. The van der Waals surface area contributed by atoms with Gasteiger partial charge in [0.05, 0.1) is 10.7 Å². The summed E-state index contributed by atoms with van der Waals surface area (Å²) >= 11 is 5.83. The number of nitrogens with zero attached hydrogens (tertiary/aromatic N) is 3. The molecule has 0 saturated carbocycles. The predicted octanol–water partition coefficient (Wildman–Crippen LogP) is 3.31. The summed E-state index contributed by atoms with van der Waals surface area (Å²) in [5.74, 6) is -0.310. The summed E-state index contributed by atoms with van der Waals surface area (Å²) in [4.78, 5) is 10.6. The van der Waals surface area contributed by atoms with Gasteiger partial charge in [-0.1, -0.05) is 11.6 Å². The molecule has 0 radical (unpaired) electrons. The maximum Gasteiger partial charge on any atom is 0.250 e. The molecule has 22 heavy (non-hydrogen) atoms. The fourth-order valence-corrected chi connectivity index (χ4v) is 2.64. The first-order valence-electron chi connectivity index (χ1n) is 7.30. The van der Waals surface area contributed by atoms with E-state index >= 15 is 0 Å². The van der Waals surface area contributed by atoms with Crippen LogP contribution in [-0.2, 0) is 6.54 Å². The minimum Gasteiger partial charge on any atom is -0.472 e. The van der Waals surface area contributed by atoms with Crippen LogP contribution in [0.15, 0.2) is 36.7 Å². The first-order chi connectivity index (χ1) is 10.7. The molecular formula is C16H17ClFN3O. The highest BCUT2D eigenvalue weighted by molar-refractivity contribution is 6.30. The average Bonchev–Trinajstić information content (AvgIpc) is 2.54. The molecule has 6 heteroatoms. The van der Waals surface area contributed by atoms with Crippen molar-refractivity contribution < 1.29 is 9.13 Å². The van der Waals surface area contributed by atoms with Gasteiger partial charge in [-0.15, -0.1) is 0 Å². The summed E-state index contributed by atoms with van der Waals surface area (Å²) in [5, 5.41) is 0.647. The average molecular weight is 322 g/mol. The molecule has 3 heterocycles. The Morgan fingerprint density at radius 1 is 1.23 bits per heavy atom. The lowest BCUT2D eigenvalue weighted by Crippen LogP contribution is -2.38. The molecule has 0 unspecified atom stereocenters. The van der Waals surface area contributed by atoms with Crippen LogP contribution in [0.5, 0.6) is 5.88 Å². The Balaban J connectivity index is 1.50. The van der Waals surface area contributed by atoms with Crippen LogP contribution in [0, 0.1) is 5.82 Å². The number of hydrogen-bond acceptors (Lipinski definition) is 4. The van der Waals surface area contributed by atoms with Crippen molar-refractivity contribution in [3.05, 3.63) is 53.2 Å². The highest BCUT2D eigenvalue weighted by atomic mass is 35.5. The fraction of sp³-hybridized carbons (Fsp3) is 0.375. The van der Waals surface area contributed by atoms with E-state index in [1.165, 1.54) is 6.07 Å². The van der Waals surface area contributed by atoms with Gasteiger partial charge < -0.3 is 4.74 Å². The van der Waals surface area contributed by atoms with Gasteiger partial charge in [0.25, 0.3) is 5.88 Å². The van der Waals surface area contributed by atoms with Crippen LogP contribution in [-0.4, -0.2) is 34.1 Å². The van der Waals surface area contributed by atoms with Gasteiger partial charge in [-0.3, -0.25) is 9.88 Å². The van der Waals surface area contributed by atoms with Crippen molar-refractivity contribution in [2.45, 2.75) is 25.5 Å². The van der Waals surface area contributed by atoms with Crippen LogP contribution >= 0.6 is 11.6 Å². The molecule has 1 saturated heterocycles. The number of piperidine rings is 1. The smallest absolute Gasteiger partial charge is 0.250 e. The fourth-order valence-electron chi connectivity index (χ4n) is 2.53. The molecule has 0 atom stereocenters. The maximum atomic E-state index is 13.5. The zero-order valence-electron chi connectivity index (χ0n) is 12.1. The van der Waals surface area contributed by atoms with E-state index < -0.39 is 5.82 Å². The number of likely N-dealkylation sites (tertiary alicyclic amines) is 1. The second-order valence-corrected chi connectivity index (χ2v) is 5.79. The molecule has 0 bridgehead atoms. The standard InChI is InChI=1S/C16H17ClFN3O/c17-12-3-4-13(20-10-12)11-21-8-5-14(6-9-21)22-16-15(18)2-1-7-19-16/h1-4,7,10,14H,5-6,8-9,11H2. The zero-order chi connectivity index (χ0) is 15.4. The van der Waals surface area contributed by atoms with Crippen LogP contribution in [0.4, 0.5) is 4.39 Å². The summed E-state index contributed by atoms with van der Waals surface area (Å²) in [6.45, 7) is 2.58. The lowest BCUT2D eigenvalue weighted by Gasteiger charge is -2.31. The molecule has 1 aliphatic rings. The normalized spacial score (nSPS) is 16.6. The van der Waals surface area contributed by atoms with Gasteiger partial charge in [0.1, 0.15) is 6.10 Å². The molecule has 0 N–H and O–H groups in total. The van der Waals surface area contributed by atoms with Crippen molar-refractivity contribution in [1.29, 1.82) is 0 Å². The summed E-state index contributed by atoms with van der Waals surface area (Å²) in [6, 6.07) is 6.71. The Morgan fingerprint density at radius 2 is 2.05 bits per heavy atom. The third-order valence-electron chi connectivity index (χ3n) is 3.71. The minimum absolute atomic E-state index is 0.0128. The highest BCUT2D eigenvalue weighted by Crippen LogP contribution is 2.20. The van der Waals surface area contributed by atoms with Crippen LogP contribution < -0.4 is 4.74 Å². The quantitative estimate of drug-likeness (QED) is 0.866. The summed E-state index contributed by atoms with van der Waals surface area (Å²) in [7, 11) is 0. The van der Waals surface area contributed by atoms with E-state index in [9.17, 15) is 4.39 Å². The van der Waals surface area contributed by atoms with Gasteiger partial charge >= 0.3 is 0 Å². The predicted molar refractivity (Wildman–Crippen MR) is 82.4 cm³/mol. The highest BCUT2D eigenvalue weighted by Gasteiger charge is 2.22. The first kappa shape index (κ1) is 15.2. The van der Waals surface area contributed by atoms with Crippen molar-refractivity contribution in [2.75, 3.05) is 13.1 Å². The number of halogens is 2. The SMILES string of the molecule is Fc1cccnc1OC1CCN(Cc2ccc(Cl)cn2)CC1. The van der Waals surface area contributed by atoms with Gasteiger partial charge in [0.15, 0.2) is 5.82 Å². The van der Waals surface area contributed by atoms with Crippen molar-refractivity contribution in [3.63, 3.8) is 0 Å². The Kier molecular flexibility index (Phi) is 4.85. The van der Waals surface area contributed by atoms with Gasteiger partial charge in [0, 0.05) is 32.0 Å². The molecule has 0 aromatic carbocycles. The van der Waals surface area contributed by atoms with E-state index in [-0.39, 0.29) is 12.0 Å². The summed E-state index contributed by atoms with van der Waals surface area (Å²) < 4.78 is 19.2. The van der Waals surface area contributed by atoms with Crippen LogP contribution in [0.25, 0.3) is 0 Å². The molecule has 0 aliphatic carbocycles. The van der Waals surface area contributed by atoms with Gasteiger partial charge in [0.2, 0.25) is 0 Å². The second-order valence-electron chi connectivity index (χ2n) is 5.35. The van der Waals surface area contributed by atoms with E-state index in [4.69, 9.17) is 16.3 Å². The number of ether oxygens (including phenoxy) is 1. The summed E-state index contributed by atoms with van der Waals surface area (Å²) in [5.41, 5.74) is 1.000.